The molecule has 3 rings (SSSR count). The van der Waals surface area contributed by atoms with E-state index < -0.39 is 10.0 Å². The molecule has 132 valence electrons. The molecule has 0 saturated carbocycles. The van der Waals surface area contributed by atoms with E-state index in [4.69, 9.17) is 5.14 Å². The molecule has 0 saturated heterocycles. The number of nitrogens with zero attached hydrogens (tertiary/aromatic N) is 2. The Balaban J connectivity index is 1.68. The van der Waals surface area contributed by atoms with Gasteiger partial charge in [-0.1, -0.05) is 30.3 Å². The third kappa shape index (κ3) is 4.29. The number of primary sulfonamides is 1. The van der Waals surface area contributed by atoms with Crippen molar-refractivity contribution in [2.75, 3.05) is 0 Å². The molecular formula is C18H16N4O3S. The second-order valence-corrected chi connectivity index (χ2v) is 7.07. The first-order valence-corrected chi connectivity index (χ1v) is 9.25. The highest BCUT2D eigenvalue weighted by Crippen LogP contribution is 2.16. The van der Waals surface area contributed by atoms with E-state index in [9.17, 15) is 13.2 Å². The number of nitrogens with one attached hydrogen (secondary N) is 1. The van der Waals surface area contributed by atoms with E-state index in [1.54, 1.807) is 6.07 Å². The Morgan fingerprint density at radius 2 is 1.69 bits per heavy atom. The van der Waals surface area contributed by atoms with Gasteiger partial charge in [0.15, 0.2) is 0 Å². The summed E-state index contributed by atoms with van der Waals surface area (Å²) < 4.78 is 22.5. The minimum absolute atomic E-state index is 0.0441. The molecule has 0 bridgehead atoms. The maximum atomic E-state index is 12.2. The van der Waals surface area contributed by atoms with Crippen LogP contribution in [0.1, 0.15) is 16.1 Å². The molecule has 0 aliphatic rings. The molecule has 7 nitrogen and oxygen atoms in total. The molecule has 0 fully saturated rings. The van der Waals surface area contributed by atoms with Gasteiger partial charge >= 0.3 is 0 Å². The van der Waals surface area contributed by atoms with Gasteiger partial charge in [-0.2, -0.15) is 0 Å². The molecular weight excluding hydrogens is 352 g/mol. The molecule has 0 atom stereocenters. The molecule has 1 amide bonds. The quantitative estimate of drug-likeness (QED) is 0.711. The molecule has 0 aliphatic carbocycles. The van der Waals surface area contributed by atoms with E-state index in [0.717, 1.165) is 11.3 Å². The van der Waals surface area contributed by atoms with Gasteiger partial charge in [0.2, 0.25) is 10.0 Å². The zero-order chi connectivity index (χ0) is 18.6. The van der Waals surface area contributed by atoms with Crippen molar-refractivity contribution in [3.63, 3.8) is 0 Å². The van der Waals surface area contributed by atoms with Gasteiger partial charge in [0.05, 0.1) is 22.8 Å². The average Bonchev–Trinajstić information content (AvgIpc) is 2.66. The van der Waals surface area contributed by atoms with Crippen molar-refractivity contribution in [3.05, 3.63) is 78.2 Å². The fraction of sp³-hybridized carbons (Fsp3) is 0.0556. The molecule has 8 heteroatoms. The number of carbonyl (C=O) groups is 1. The van der Waals surface area contributed by atoms with Crippen molar-refractivity contribution in [2.45, 2.75) is 11.4 Å². The third-order valence-electron chi connectivity index (χ3n) is 3.67. The summed E-state index contributed by atoms with van der Waals surface area (Å²) in [5.41, 5.74) is 2.71. The number of hydrogen-bond donors (Lipinski definition) is 2. The lowest BCUT2D eigenvalue weighted by atomic mass is 10.1. The summed E-state index contributed by atoms with van der Waals surface area (Å²) in [7, 11) is -3.78. The van der Waals surface area contributed by atoms with E-state index in [1.165, 1.54) is 30.6 Å². The normalized spacial score (nSPS) is 11.1. The summed E-state index contributed by atoms with van der Waals surface area (Å²) in [6.07, 6.45) is 1.45. The summed E-state index contributed by atoms with van der Waals surface area (Å²) in [5, 5.41) is 7.78. The number of hydrogen-bond acceptors (Lipinski definition) is 5. The number of benzene rings is 2. The van der Waals surface area contributed by atoms with Crippen LogP contribution in [-0.2, 0) is 16.6 Å². The Kier molecular flexibility index (Phi) is 5.06. The SMILES string of the molecule is NS(=O)(=O)c1ccc(C(=O)NCc2cc(-c3ccccc3)ncn2)cc1. The van der Waals surface area contributed by atoms with Gasteiger partial charge in [-0.15, -0.1) is 0 Å². The highest BCUT2D eigenvalue weighted by Gasteiger charge is 2.10. The van der Waals surface area contributed by atoms with Crippen LogP contribution in [0, 0.1) is 0 Å². The van der Waals surface area contributed by atoms with Crippen molar-refractivity contribution >= 4 is 15.9 Å². The molecule has 3 aromatic rings. The maximum absolute atomic E-state index is 12.2. The topological polar surface area (TPSA) is 115 Å². The molecule has 0 aliphatic heterocycles. The first kappa shape index (κ1) is 17.7. The van der Waals surface area contributed by atoms with E-state index in [1.807, 2.05) is 30.3 Å². The largest absolute Gasteiger partial charge is 0.346 e. The van der Waals surface area contributed by atoms with Crippen LogP contribution in [0.5, 0.6) is 0 Å². The van der Waals surface area contributed by atoms with Gasteiger partial charge < -0.3 is 5.32 Å². The van der Waals surface area contributed by atoms with Crippen LogP contribution in [0.15, 0.2) is 71.9 Å². The van der Waals surface area contributed by atoms with E-state index >= 15 is 0 Å². The van der Waals surface area contributed by atoms with Crippen LogP contribution in [0.3, 0.4) is 0 Å². The fourth-order valence-electron chi connectivity index (χ4n) is 2.33. The smallest absolute Gasteiger partial charge is 0.251 e. The second kappa shape index (κ2) is 7.42. The van der Waals surface area contributed by atoms with Gasteiger partial charge in [-0.05, 0) is 30.3 Å². The Labute approximate surface area is 151 Å². The Hall–Kier alpha value is -3.10. The highest BCUT2D eigenvalue weighted by atomic mass is 32.2. The number of amides is 1. The summed E-state index contributed by atoms with van der Waals surface area (Å²) in [5.74, 6) is -0.342. The van der Waals surface area contributed by atoms with Gasteiger partial charge in [0.25, 0.3) is 5.91 Å². The molecule has 2 aromatic carbocycles. The van der Waals surface area contributed by atoms with Crippen LogP contribution in [0.25, 0.3) is 11.3 Å². The summed E-state index contributed by atoms with van der Waals surface area (Å²) in [6.45, 7) is 0.220. The van der Waals surface area contributed by atoms with E-state index in [2.05, 4.69) is 15.3 Å². The lowest BCUT2D eigenvalue weighted by Gasteiger charge is -2.07. The molecule has 3 N–H and O–H groups in total. The van der Waals surface area contributed by atoms with Gasteiger partial charge in [0.1, 0.15) is 6.33 Å². The predicted octanol–water partition coefficient (Wildman–Crippen LogP) is 1.72. The van der Waals surface area contributed by atoms with Crippen LogP contribution >= 0.6 is 0 Å². The van der Waals surface area contributed by atoms with Gasteiger partial charge in [-0.3, -0.25) is 4.79 Å². The molecule has 0 unspecified atom stereocenters. The summed E-state index contributed by atoms with van der Waals surface area (Å²) in [4.78, 5) is 20.5. The molecule has 0 radical (unpaired) electrons. The fourth-order valence-corrected chi connectivity index (χ4v) is 2.85. The lowest BCUT2D eigenvalue weighted by molar-refractivity contribution is 0.0950. The Morgan fingerprint density at radius 3 is 2.35 bits per heavy atom. The molecule has 1 aromatic heterocycles. The van der Waals surface area contributed by atoms with Crippen LogP contribution in [-0.4, -0.2) is 24.3 Å². The number of nitrogens with two attached hydrogens (primary N) is 1. The van der Waals surface area contributed by atoms with Crippen LogP contribution in [0.2, 0.25) is 0 Å². The molecule has 0 spiro atoms. The highest BCUT2D eigenvalue weighted by molar-refractivity contribution is 7.89. The molecule has 26 heavy (non-hydrogen) atoms. The van der Waals surface area contributed by atoms with E-state index in [-0.39, 0.29) is 17.3 Å². The maximum Gasteiger partial charge on any atom is 0.251 e. The number of rotatable bonds is 5. The van der Waals surface area contributed by atoms with Gasteiger partial charge in [-0.25, -0.2) is 23.5 Å². The zero-order valence-corrected chi connectivity index (χ0v) is 14.5. The minimum Gasteiger partial charge on any atom is -0.346 e. The Bertz CT molecular complexity index is 1020. The van der Waals surface area contributed by atoms with Crippen molar-refractivity contribution in [3.8, 4) is 11.3 Å². The summed E-state index contributed by atoms with van der Waals surface area (Å²) in [6, 6.07) is 16.9. The monoisotopic (exact) mass is 368 g/mol. The number of sulfonamides is 1. The standard InChI is InChI=1S/C18H16N4O3S/c19-26(24,25)16-8-6-14(7-9-16)18(23)20-11-15-10-17(22-12-21-15)13-4-2-1-3-5-13/h1-10,12H,11H2,(H,20,23)(H2,19,24,25). The lowest BCUT2D eigenvalue weighted by Crippen LogP contribution is -2.23. The van der Waals surface area contributed by atoms with Gasteiger partial charge in [0, 0.05) is 11.1 Å². The number of carbonyl (C=O) groups excluding carboxylic acids is 1. The summed E-state index contributed by atoms with van der Waals surface area (Å²) >= 11 is 0. The van der Waals surface area contributed by atoms with Crippen molar-refractivity contribution in [1.82, 2.24) is 15.3 Å². The Morgan fingerprint density at radius 1 is 1.00 bits per heavy atom. The first-order chi connectivity index (χ1) is 12.4. The average molecular weight is 368 g/mol. The van der Waals surface area contributed by atoms with Crippen molar-refractivity contribution in [1.29, 1.82) is 0 Å². The zero-order valence-electron chi connectivity index (χ0n) is 13.7. The van der Waals surface area contributed by atoms with E-state index in [0.29, 0.717) is 11.3 Å². The van der Waals surface area contributed by atoms with Crippen LogP contribution < -0.4 is 10.5 Å². The first-order valence-electron chi connectivity index (χ1n) is 7.71. The van der Waals surface area contributed by atoms with Crippen LogP contribution in [0.4, 0.5) is 0 Å². The third-order valence-corrected chi connectivity index (χ3v) is 4.60. The van der Waals surface area contributed by atoms with Crippen molar-refractivity contribution in [2.24, 2.45) is 5.14 Å². The number of aromatic nitrogens is 2. The predicted molar refractivity (Wildman–Crippen MR) is 96.5 cm³/mol. The second-order valence-electron chi connectivity index (χ2n) is 5.51. The molecule has 1 heterocycles. The minimum atomic E-state index is -3.78. The van der Waals surface area contributed by atoms with Crippen molar-refractivity contribution < 1.29 is 13.2 Å².